The molecule has 1 aliphatic rings. The molecule has 1 atom stereocenters. The van der Waals surface area contributed by atoms with Crippen molar-refractivity contribution in [1.82, 2.24) is 4.98 Å². The molecule has 1 unspecified atom stereocenters. The molecule has 2 rings (SSSR count). The van der Waals surface area contributed by atoms with Gasteiger partial charge in [0, 0.05) is 43.8 Å². The van der Waals surface area contributed by atoms with Gasteiger partial charge in [-0.3, -0.25) is 0 Å². The van der Waals surface area contributed by atoms with E-state index in [0.29, 0.717) is 12.0 Å². The van der Waals surface area contributed by atoms with Crippen LogP contribution in [0.1, 0.15) is 33.1 Å². The summed E-state index contributed by atoms with van der Waals surface area (Å²) in [6.07, 6.45) is 5.27. The van der Waals surface area contributed by atoms with Crippen LogP contribution in [0.25, 0.3) is 0 Å². The van der Waals surface area contributed by atoms with Crippen molar-refractivity contribution in [3.8, 4) is 0 Å². The van der Waals surface area contributed by atoms with Gasteiger partial charge in [0.15, 0.2) is 0 Å². The number of hydrogen-bond acceptors (Lipinski definition) is 4. The number of pyridine rings is 1. The lowest BCUT2D eigenvalue weighted by atomic mass is 9.93. The summed E-state index contributed by atoms with van der Waals surface area (Å²) in [5, 5.41) is 6.91. The van der Waals surface area contributed by atoms with Crippen LogP contribution in [-0.2, 0) is 4.74 Å². The average Bonchev–Trinajstić information content (AvgIpc) is 2.46. The van der Waals surface area contributed by atoms with E-state index in [9.17, 15) is 0 Å². The zero-order valence-corrected chi connectivity index (χ0v) is 12.0. The second-order valence-corrected chi connectivity index (χ2v) is 5.24. The maximum Gasteiger partial charge on any atom is 0.127 e. The molecule has 2 heterocycles. The van der Waals surface area contributed by atoms with Crippen molar-refractivity contribution in [2.45, 2.75) is 39.2 Å². The van der Waals surface area contributed by atoms with Crippen molar-refractivity contribution in [3.63, 3.8) is 0 Å². The van der Waals surface area contributed by atoms with Crippen molar-refractivity contribution in [2.75, 3.05) is 30.4 Å². The molecule has 4 heteroatoms. The summed E-state index contributed by atoms with van der Waals surface area (Å²) in [5.41, 5.74) is 1.15. The number of rotatable bonds is 6. The largest absolute Gasteiger partial charge is 0.382 e. The second-order valence-electron chi connectivity index (χ2n) is 5.24. The molecule has 106 valence electrons. The summed E-state index contributed by atoms with van der Waals surface area (Å²) in [4.78, 5) is 4.33. The number of hydrogen-bond donors (Lipinski definition) is 2. The maximum absolute atomic E-state index is 5.42. The molecular formula is C15H25N3O. The van der Waals surface area contributed by atoms with Crippen LogP contribution in [0.2, 0.25) is 0 Å². The highest BCUT2D eigenvalue weighted by molar-refractivity contribution is 5.52. The predicted molar refractivity (Wildman–Crippen MR) is 79.6 cm³/mol. The van der Waals surface area contributed by atoms with Gasteiger partial charge >= 0.3 is 0 Å². The van der Waals surface area contributed by atoms with E-state index < -0.39 is 0 Å². The molecule has 0 spiro atoms. The first-order chi connectivity index (χ1) is 9.29. The Morgan fingerprint density at radius 1 is 1.42 bits per heavy atom. The lowest BCUT2D eigenvalue weighted by molar-refractivity contribution is 0.0622. The zero-order chi connectivity index (χ0) is 13.5. The van der Waals surface area contributed by atoms with Gasteiger partial charge in [0.1, 0.15) is 5.82 Å². The minimum atomic E-state index is 0.477. The quantitative estimate of drug-likeness (QED) is 0.827. The third kappa shape index (κ3) is 4.39. The minimum absolute atomic E-state index is 0.477. The molecule has 0 saturated carbocycles. The van der Waals surface area contributed by atoms with E-state index in [0.717, 1.165) is 50.5 Å². The number of ether oxygens (including phenoxy) is 1. The highest BCUT2D eigenvalue weighted by Crippen LogP contribution is 2.22. The molecule has 0 aliphatic carbocycles. The Bertz CT molecular complexity index is 377. The highest BCUT2D eigenvalue weighted by Gasteiger charge is 2.20. The summed E-state index contributed by atoms with van der Waals surface area (Å²) in [5.74, 6) is 1.65. The van der Waals surface area contributed by atoms with E-state index in [1.54, 1.807) is 0 Å². The average molecular weight is 263 g/mol. The van der Waals surface area contributed by atoms with E-state index in [2.05, 4.69) is 35.5 Å². The number of aromatic nitrogens is 1. The SMILES string of the molecule is CCCNc1cc(NC(C)C2CCOCC2)ccn1. The molecule has 0 bridgehead atoms. The fourth-order valence-electron chi connectivity index (χ4n) is 2.47. The summed E-state index contributed by atoms with van der Waals surface area (Å²) in [6.45, 7) is 7.18. The van der Waals surface area contributed by atoms with Crippen LogP contribution < -0.4 is 10.6 Å². The number of nitrogens with zero attached hydrogens (tertiary/aromatic N) is 1. The number of anilines is 2. The van der Waals surface area contributed by atoms with Crippen LogP contribution in [0.4, 0.5) is 11.5 Å². The van der Waals surface area contributed by atoms with Gasteiger partial charge in [0.25, 0.3) is 0 Å². The lowest BCUT2D eigenvalue weighted by Gasteiger charge is -2.29. The predicted octanol–water partition coefficient (Wildman–Crippen LogP) is 3.13. The molecule has 0 radical (unpaired) electrons. The fourth-order valence-corrected chi connectivity index (χ4v) is 2.47. The molecule has 19 heavy (non-hydrogen) atoms. The molecule has 0 amide bonds. The van der Waals surface area contributed by atoms with E-state index in [1.807, 2.05) is 12.3 Å². The molecule has 1 fully saturated rings. The summed E-state index contributed by atoms with van der Waals surface area (Å²) >= 11 is 0. The molecular weight excluding hydrogens is 238 g/mol. The Morgan fingerprint density at radius 3 is 2.95 bits per heavy atom. The van der Waals surface area contributed by atoms with E-state index >= 15 is 0 Å². The number of nitrogens with one attached hydrogen (secondary N) is 2. The first kappa shape index (κ1) is 14.1. The van der Waals surface area contributed by atoms with Crippen molar-refractivity contribution in [2.24, 2.45) is 5.92 Å². The Hall–Kier alpha value is -1.29. The van der Waals surface area contributed by atoms with Crippen LogP contribution in [0.15, 0.2) is 18.3 Å². The van der Waals surface area contributed by atoms with Crippen molar-refractivity contribution >= 4 is 11.5 Å². The minimum Gasteiger partial charge on any atom is -0.382 e. The fraction of sp³-hybridized carbons (Fsp3) is 0.667. The summed E-state index contributed by atoms with van der Waals surface area (Å²) in [7, 11) is 0. The summed E-state index contributed by atoms with van der Waals surface area (Å²) in [6, 6.07) is 4.60. The molecule has 1 aromatic heterocycles. The molecule has 1 saturated heterocycles. The monoisotopic (exact) mass is 263 g/mol. The standard InChI is InChI=1S/C15H25N3O/c1-3-7-16-15-11-14(4-8-17-15)18-12(2)13-5-9-19-10-6-13/h4,8,11-13H,3,5-7,9-10H2,1-2H3,(H2,16,17,18). The molecule has 2 N–H and O–H groups in total. The highest BCUT2D eigenvalue weighted by atomic mass is 16.5. The Balaban J connectivity index is 1.90. The Kier molecular flexibility index (Phi) is 5.45. The van der Waals surface area contributed by atoms with E-state index in [1.165, 1.54) is 0 Å². The third-order valence-electron chi connectivity index (χ3n) is 3.68. The Labute approximate surface area is 116 Å². The van der Waals surface area contributed by atoms with Crippen molar-refractivity contribution in [3.05, 3.63) is 18.3 Å². The molecule has 0 aromatic carbocycles. The van der Waals surface area contributed by atoms with Crippen molar-refractivity contribution in [1.29, 1.82) is 0 Å². The zero-order valence-electron chi connectivity index (χ0n) is 12.0. The Morgan fingerprint density at radius 2 is 2.21 bits per heavy atom. The van der Waals surface area contributed by atoms with Gasteiger partial charge in [0.2, 0.25) is 0 Å². The smallest absolute Gasteiger partial charge is 0.127 e. The van der Waals surface area contributed by atoms with Gasteiger partial charge in [0.05, 0.1) is 0 Å². The van der Waals surface area contributed by atoms with Gasteiger partial charge in [-0.1, -0.05) is 6.92 Å². The summed E-state index contributed by atoms with van der Waals surface area (Å²) < 4.78 is 5.42. The second kappa shape index (κ2) is 7.34. The van der Waals surface area contributed by atoms with Crippen LogP contribution in [0.5, 0.6) is 0 Å². The molecule has 1 aliphatic heterocycles. The third-order valence-corrected chi connectivity index (χ3v) is 3.68. The van der Waals surface area contributed by atoms with Crippen LogP contribution >= 0.6 is 0 Å². The van der Waals surface area contributed by atoms with Crippen LogP contribution in [0, 0.1) is 5.92 Å². The van der Waals surface area contributed by atoms with Gasteiger partial charge in [-0.15, -0.1) is 0 Å². The van der Waals surface area contributed by atoms with Crippen LogP contribution in [-0.4, -0.2) is 30.8 Å². The lowest BCUT2D eigenvalue weighted by Crippen LogP contribution is -2.30. The first-order valence-corrected chi connectivity index (χ1v) is 7.34. The first-order valence-electron chi connectivity index (χ1n) is 7.34. The molecule has 1 aromatic rings. The van der Waals surface area contributed by atoms with Crippen molar-refractivity contribution < 1.29 is 4.74 Å². The van der Waals surface area contributed by atoms with Crippen LogP contribution in [0.3, 0.4) is 0 Å². The van der Waals surface area contributed by atoms with E-state index in [4.69, 9.17) is 4.74 Å². The van der Waals surface area contributed by atoms with Gasteiger partial charge in [-0.25, -0.2) is 4.98 Å². The molecule has 4 nitrogen and oxygen atoms in total. The van der Waals surface area contributed by atoms with Gasteiger partial charge in [-0.05, 0) is 38.2 Å². The topological polar surface area (TPSA) is 46.2 Å². The van der Waals surface area contributed by atoms with Gasteiger partial charge in [-0.2, -0.15) is 0 Å². The van der Waals surface area contributed by atoms with E-state index in [-0.39, 0.29) is 0 Å². The van der Waals surface area contributed by atoms with Gasteiger partial charge < -0.3 is 15.4 Å². The maximum atomic E-state index is 5.42. The normalized spacial score (nSPS) is 18.0.